The molecule has 0 radical (unpaired) electrons. The van der Waals surface area contributed by atoms with Crippen LogP contribution in [0.15, 0.2) is 53.1 Å². The lowest BCUT2D eigenvalue weighted by Crippen LogP contribution is -2.20. The zero-order valence-electron chi connectivity index (χ0n) is 17.5. The SMILES string of the molecule is COC(=O)c1cc(N2CCCOc3ccc(F)cc32)ncc1-c1nc2ccc(C#N)cc2o1. The lowest BCUT2D eigenvalue weighted by Gasteiger charge is -2.23. The molecular formula is C24H17FN4O4. The molecule has 164 valence electrons. The van der Waals surface area contributed by atoms with Crippen molar-refractivity contribution in [3.63, 3.8) is 0 Å². The van der Waals surface area contributed by atoms with Crippen molar-refractivity contribution in [2.45, 2.75) is 6.42 Å². The van der Waals surface area contributed by atoms with Crippen LogP contribution in [0.1, 0.15) is 22.3 Å². The van der Waals surface area contributed by atoms with Gasteiger partial charge in [0.2, 0.25) is 5.89 Å². The number of nitriles is 1. The number of carbonyl (C=O) groups is 1. The van der Waals surface area contributed by atoms with Gasteiger partial charge in [0.1, 0.15) is 22.9 Å². The average Bonchev–Trinajstić information content (AvgIpc) is 3.15. The largest absolute Gasteiger partial charge is 0.491 e. The molecule has 0 bridgehead atoms. The Hall–Kier alpha value is -4.45. The number of ether oxygens (including phenoxy) is 2. The maximum atomic E-state index is 14.0. The van der Waals surface area contributed by atoms with Gasteiger partial charge in [-0.2, -0.15) is 5.26 Å². The number of carbonyl (C=O) groups excluding carboxylic acids is 1. The van der Waals surface area contributed by atoms with Crippen molar-refractivity contribution in [1.82, 2.24) is 9.97 Å². The van der Waals surface area contributed by atoms with Crippen molar-refractivity contribution in [3.8, 4) is 23.3 Å². The first-order valence-corrected chi connectivity index (χ1v) is 10.2. The molecule has 2 aromatic carbocycles. The number of rotatable bonds is 3. The minimum atomic E-state index is -0.598. The second kappa shape index (κ2) is 8.24. The molecule has 0 unspecified atom stereocenters. The molecule has 4 aromatic rings. The van der Waals surface area contributed by atoms with Crippen LogP contribution in [0.2, 0.25) is 0 Å². The Morgan fingerprint density at radius 2 is 2.12 bits per heavy atom. The summed E-state index contributed by atoms with van der Waals surface area (Å²) >= 11 is 0. The van der Waals surface area contributed by atoms with Gasteiger partial charge in [-0.1, -0.05) is 0 Å². The summed E-state index contributed by atoms with van der Waals surface area (Å²) < 4.78 is 30.5. The van der Waals surface area contributed by atoms with E-state index >= 15 is 0 Å². The molecule has 5 rings (SSSR count). The quantitative estimate of drug-likeness (QED) is 0.422. The van der Waals surface area contributed by atoms with E-state index in [1.807, 2.05) is 0 Å². The van der Waals surface area contributed by atoms with Crippen LogP contribution in [0.25, 0.3) is 22.6 Å². The van der Waals surface area contributed by atoms with Gasteiger partial charge in [-0.15, -0.1) is 0 Å². The Morgan fingerprint density at radius 1 is 1.24 bits per heavy atom. The van der Waals surface area contributed by atoms with Gasteiger partial charge in [0.05, 0.1) is 42.2 Å². The number of hydrogen-bond acceptors (Lipinski definition) is 8. The van der Waals surface area contributed by atoms with Crippen LogP contribution in [0, 0.1) is 17.1 Å². The van der Waals surface area contributed by atoms with Gasteiger partial charge in [0, 0.05) is 24.9 Å². The van der Waals surface area contributed by atoms with Crippen LogP contribution in [0.3, 0.4) is 0 Å². The Labute approximate surface area is 187 Å². The van der Waals surface area contributed by atoms with Gasteiger partial charge in [-0.3, -0.25) is 0 Å². The smallest absolute Gasteiger partial charge is 0.338 e. The Bertz CT molecular complexity index is 1430. The molecule has 0 N–H and O–H groups in total. The predicted octanol–water partition coefficient (Wildman–Crippen LogP) is 4.61. The zero-order valence-corrected chi connectivity index (χ0v) is 17.5. The fourth-order valence-corrected chi connectivity index (χ4v) is 3.74. The van der Waals surface area contributed by atoms with Crippen LogP contribution in [-0.4, -0.2) is 36.2 Å². The molecule has 0 fully saturated rings. The van der Waals surface area contributed by atoms with Gasteiger partial charge in [0.15, 0.2) is 5.58 Å². The lowest BCUT2D eigenvalue weighted by molar-refractivity contribution is 0.0601. The molecule has 1 aliphatic heterocycles. The number of oxazole rings is 1. The van der Waals surface area contributed by atoms with E-state index in [-0.39, 0.29) is 11.5 Å². The standard InChI is InChI=1S/C24H17FN4O4/c1-31-24(30)16-11-22(29-7-2-8-32-20-6-4-15(25)10-19(20)29)27-13-17(16)23-28-18-5-3-14(12-26)9-21(18)33-23/h3-6,9-11,13H,2,7-8H2,1H3. The highest BCUT2D eigenvalue weighted by molar-refractivity contribution is 5.97. The van der Waals surface area contributed by atoms with E-state index in [0.717, 1.165) is 0 Å². The highest BCUT2D eigenvalue weighted by Crippen LogP contribution is 2.37. The van der Waals surface area contributed by atoms with Crippen LogP contribution in [0.5, 0.6) is 5.75 Å². The van der Waals surface area contributed by atoms with Crippen molar-refractivity contribution >= 4 is 28.6 Å². The maximum Gasteiger partial charge on any atom is 0.338 e. The Kier molecular flexibility index (Phi) is 5.11. The summed E-state index contributed by atoms with van der Waals surface area (Å²) in [7, 11) is 1.28. The average molecular weight is 444 g/mol. The van der Waals surface area contributed by atoms with E-state index < -0.39 is 11.8 Å². The van der Waals surface area contributed by atoms with E-state index in [1.165, 1.54) is 25.4 Å². The lowest BCUT2D eigenvalue weighted by atomic mass is 10.1. The molecule has 0 aliphatic carbocycles. The highest BCUT2D eigenvalue weighted by Gasteiger charge is 2.24. The topological polar surface area (TPSA) is 101 Å². The summed E-state index contributed by atoms with van der Waals surface area (Å²) in [6.45, 7) is 0.994. The summed E-state index contributed by atoms with van der Waals surface area (Å²) in [6, 6.07) is 12.8. The number of aromatic nitrogens is 2. The number of esters is 1. The molecule has 0 atom stereocenters. The summed E-state index contributed by atoms with van der Waals surface area (Å²) in [4.78, 5) is 23.4. The number of hydrogen-bond donors (Lipinski definition) is 0. The molecule has 33 heavy (non-hydrogen) atoms. The summed E-state index contributed by atoms with van der Waals surface area (Å²) in [6.07, 6.45) is 2.15. The normalized spacial score (nSPS) is 13.1. The number of anilines is 2. The maximum absolute atomic E-state index is 14.0. The molecule has 0 spiro atoms. The van der Waals surface area contributed by atoms with Crippen LogP contribution in [-0.2, 0) is 4.74 Å². The zero-order chi connectivity index (χ0) is 22.9. The first kappa shape index (κ1) is 20.5. The fourth-order valence-electron chi connectivity index (χ4n) is 3.74. The minimum Gasteiger partial charge on any atom is -0.491 e. The van der Waals surface area contributed by atoms with Crippen LogP contribution < -0.4 is 9.64 Å². The monoisotopic (exact) mass is 444 g/mol. The molecule has 2 aromatic heterocycles. The molecular weight excluding hydrogens is 427 g/mol. The van der Waals surface area contributed by atoms with Crippen molar-refractivity contribution in [3.05, 3.63) is 65.6 Å². The van der Waals surface area contributed by atoms with E-state index in [1.54, 1.807) is 35.2 Å². The summed E-state index contributed by atoms with van der Waals surface area (Å²) in [5.41, 5.74) is 2.44. The number of fused-ring (bicyclic) bond motifs is 2. The van der Waals surface area contributed by atoms with Crippen molar-refractivity contribution in [2.24, 2.45) is 0 Å². The van der Waals surface area contributed by atoms with E-state index in [2.05, 4.69) is 16.0 Å². The third-order valence-electron chi connectivity index (χ3n) is 5.31. The second-order valence-corrected chi connectivity index (χ2v) is 7.36. The minimum absolute atomic E-state index is 0.171. The van der Waals surface area contributed by atoms with E-state index in [9.17, 15) is 9.18 Å². The Balaban J connectivity index is 1.63. The first-order chi connectivity index (χ1) is 16.1. The van der Waals surface area contributed by atoms with Gasteiger partial charge >= 0.3 is 5.97 Å². The van der Waals surface area contributed by atoms with E-state index in [0.29, 0.717) is 59.1 Å². The summed E-state index contributed by atoms with van der Waals surface area (Å²) in [5.74, 6) is 0.132. The summed E-state index contributed by atoms with van der Waals surface area (Å²) in [5, 5.41) is 9.11. The number of nitrogens with zero attached hydrogens (tertiary/aromatic N) is 4. The first-order valence-electron chi connectivity index (χ1n) is 10.2. The third-order valence-corrected chi connectivity index (χ3v) is 5.31. The van der Waals surface area contributed by atoms with E-state index in [4.69, 9.17) is 19.2 Å². The Morgan fingerprint density at radius 3 is 2.94 bits per heavy atom. The number of methoxy groups -OCH3 is 1. The van der Waals surface area contributed by atoms with Gasteiger partial charge in [-0.25, -0.2) is 19.2 Å². The number of pyridine rings is 1. The number of benzene rings is 2. The van der Waals surface area contributed by atoms with Crippen molar-refractivity contribution < 1.29 is 23.1 Å². The van der Waals surface area contributed by atoms with Crippen molar-refractivity contribution in [2.75, 3.05) is 25.2 Å². The molecule has 1 aliphatic rings. The molecule has 3 heterocycles. The second-order valence-electron chi connectivity index (χ2n) is 7.36. The van der Waals surface area contributed by atoms with Gasteiger partial charge in [0.25, 0.3) is 0 Å². The highest BCUT2D eigenvalue weighted by atomic mass is 19.1. The molecule has 9 heteroatoms. The number of halogens is 1. The van der Waals surface area contributed by atoms with Crippen LogP contribution in [0.4, 0.5) is 15.9 Å². The molecule has 0 saturated heterocycles. The van der Waals surface area contributed by atoms with Crippen LogP contribution >= 0.6 is 0 Å². The fraction of sp³-hybridized carbons (Fsp3) is 0.167. The third kappa shape index (κ3) is 3.72. The predicted molar refractivity (Wildman–Crippen MR) is 117 cm³/mol. The molecule has 0 amide bonds. The van der Waals surface area contributed by atoms with Gasteiger partial charge in [-0.05, 0) is 36.8 Å². The van der Waals surface area contributed by atoms with Gasteiger partial charge < -0.3 is 18.8 Å². The van der Waals surface area contributed by atoms with Crippen molar-refractivity contribution in [1.29, 1.82) is 5.26 Å². The molecule has 0 saturated carbocycles. The molecule has 8 nitrogen and oxygen atoms in total.